The van der Waals surface area contributed by atoms with E-state index in [2.05, 4.69) is 15.3 Å². The molecule has 0 saturated carbocycles. The van der Waals surface area contributed by atoms with Crippen LogP contribution in [0.4, 0.5) is 11.4 Å². The zero-order valence-electron chi connectivity index (χ0n) is 14.0. The third kappa shape index (κ3) is 3.94. The number of benzene rings is 1. The minimum atomic E-state index is -0.448. The number of nitrogens with one attached hydrogen (secondary N) is 1. The van der Waals surface area contributed by atoms with Crippen LogP contribution in [0.25, 0.3) is 0 Å². The third-order valence-corrected chi connectivity index (χ3v) is 4.36. The minimum absolute atomic E-state index is 0.00792. The Morgan fingerprint density at radius 3 is 2.73 bits per heavy atom. The molecule has 26 heavy (non-hydrogen) atoms. The molecule has 2 N–H and O–H groups in total. The van der Waals surface area contributed by atoms with Crippen LogP contribution in [-0.2, 0) is 6.61 Å². The number of rotatable bonds is 5. The van der Waals surface area contributed by atoms with E-state index in [0.717, 1.165) is 0 Å². The summed E-state index contributed by atoms with van der Waals surface area (Å²) >= 11 is 0. The number of aromatic nitrogens is 2. The molecule has 3 rings (SSSR count). The fraction of sp³-hybridized carbons (Fsp3) is 0.353. The summed E-state index contributed by atoms with van der Waals surface area (Å²) in [5, 5.41) is 23.6. The van der Waals surface area contributed by atoms with E-state index in [1.54, 1.807) is 11.0 Å². The van der Waals surface area contributed by atoms with E-state index in [1.807, 2.05) is 0 Å². The fourth-order valence-corrected chi connectivity index (χ4v) is 2.97. The SMILES string of the molecule is O=C(c1cnccn1)N1CCC(Nc2cc(CO)ccc2[N+](=O)[O-])CC1. The van der Waals surface area contributed by atoms with E-state index in [1.165, 1.54) is 30.7 Å². The summed E-state index contributed by atoms with van der Waals surface area (Å²) in [7, 11) is 0. The van der Waals surface area contributed by atoms with E-state index in [4.69, 9.17) is 0 Å². The van der Waals surface area contributed by atoms with E-state index < -0.39 is 4.92 Å². The number of anilines is 1. The number of hydrogen-bond donors (Lipinski definition) is 2. The van der Waals surface area contributed by atoms with Gasteiger partial charge in [-0.2, -0.15) is 0 Å². The molecule has 136 valence electrons. The molecule has 0 bridgehead atoms. The van der Waals surface area contributed by atoms with Gasteiger partial charge in [0.25, 0.3) is 11.6 Å². The summed E-state index contributed by atoms with van der Waals surface area (Å²) in [5.74, 6) is -0.162. The van der Waals surface area contributed by atoms with Crippen LogP contribution in [0.15, 0.2) is 36.8 Å². The van der Waals surface area contributed by atoms with Gasteiger partial charge >= 0.3 is 0 Å². The molecule has 1 fully saturated rings. The quantitative estimate of drug-likeness (QED) is 0.615. The molecule has 1 aromatic heterocycles. The zero-order valence-corrected chi connectivity index (χ0v) is 14.0. The fourth-order valence-electron chi connectivity index (χ4n) is 2.97. The molecule has 1 aliphatic rings. The van der Waals surface area contributed by atoms with Crippen LogP contribution in [0, 0.1) is 10.1 Å². The molecular weight excluding hydrogens is 338 g/mol. The average Bonchev–Trinajstić information content (AvgIpc) is 2.68. The number of aliphatic hydroxyl groups is 1. The Hall–Kier alpha value is -3.07. The van der Waals surface area contributed by atoms with Crippen molar-refractivity contribution in [2.45, 2.75) is 25.5 Å². The Morgan fingerprint density at radius 2 is 2.12 bits per heavy atom. The van der Waals surface area contributed by atoms with E-state index in [9.17, 15) is 20.0 Å². The molecule has 9 nitrogen and oxygen atoms in total. The van der Waals surface area contributed by atoms with Gasteiger partial charge in [-0.15, -0.1) is 0 Å². The average molecular weight is 357 g/mol. The van der Waals surface area contributed by atoms with Gasteiger partial charge in [-0.3, -0.25) is 19.9 Å². The normalized spacial score (nSPS) is 14.9. The Morgan fingerprint density at radius 1 is 1.35 bits per heavy atom. The second-order valence-corrected chi connectivity index (χ2v) is 6.07. The Kier molecular flexibility index (Phi) is 5.37. The monoisotopic (exact) mass is 357 g/mol. The highest BCUT2D eigenvalue weighted by Gasteiger charge is 2.26. The molecule has 0 spiro atoms. The van der Waals surface area contributed by atoms with Gasteiger partial charge in [0.2, 0.25) is 0 Å². The van der Waals surface area contributed by atoms with Gasteiger partial charge in [-0.25, -0.2) is 4.98 Å². The summed E-state index contributed by atoms with van der Waals surface area (Å²) in [5.41, 5.74) is 1.28. The molecule has 0 radical (unpaired) electrons. The number of aliphatic hydroxyl groups excluding tert-OH is 1. The highest BCUT2D eigenvalue weighted by atomic mass is 16.6. The molecule has 1 aromatic carbocycles. The van der Waals surface area contributed by atoms with Crippen molar-refractivity contribution >= 4 is 17.3 Å². The second-order valence-electron chi connectivity index (χ2n) is 6.07. The van der Waals surface area contributed by atoms with Gasteiger partial charge in [0.1, 0.15) is 11.4 Å². The minimum Gasteiger partial charge on any atom is -0.392 e. The van der Waals surface area contributed by atoms with Crippen LogP contribution in [0.2, 0.25) is 0 Å². The number of nitro groups is 1. The molecule has 1 saturated heterocycles. The molecule has 2 aromatic rings. The van der Waals surface area contributed by atoms with Crippen molar-refractivity contribution in [3.8, 4) is 0 Å². The van der Waals surface area contributed by atoms with Crippen molar-refractivity contribution in [1.82, 2.24) is 14.9 Å². The topological polar surface area (TPSA) is 121 Å². The summed E-state index contributed by atoms with van der Waals surface area (Å²) in [6.07, 6.45) is 5.75. The van der Waals surface area contributed by atoms with Crippen LogP contribution in [0.1, 0.15) is 28.9 Å². The van der Waals surface area contributed by atoms with Crippen molar-refractivity contribution in [3.63, 3.8) is 0 Å². The lowest BCUT2D eigenvalue weighted by molar-refractivity contribution is -0.384. The first-order chi connectivity index (χ1) is 12.6. The number of hydrogen-bond acceptors (Lipinski definition) is 7. The lowest BCUT2D eigenvalue weighted by Crippen LogP contribution is -2.42. The number of nitro benzene ring substituents is 1. The lowest BCUT2D eigenvalue weighted by Gasteiger charge is -2.32. The predicted octanol–water partition coefficient (Wildman–Crippen LogP) is 1.59. The third-order valence-electron chi connectivity index (χ3n) is 4.36. The van der Waals surface area contributed by atoms with Crippen molar-refractivity contribution in [2.75, 3.05) is 18.4 Å². The van der Waals surface area contributed by atoms with Crippen molar-refractivity contribution in [1.29, 1.82) is 0 Å². The first-order valence-electron chi connectivity index (χ1n) is 8.28. The van der Waals surface area contributed by atoms with Crippen LogP contribution < -0.4 is 5.32 Å². The van der Waals surface area contributed by atoms with Gasteiger partial charge in [0, 0.05) is 37.6 Å². The highest BCUT2D eigenvalue weighted by molar-refractivity contribution is 5.92. The molecule has 2 heterocycles. The number of carbonyl (C=O) groups excluding carboxylic acids is 1. The predicted molar refractivity (Wildman–Crippen MR) is 93.6 cm³/mol. The first-order valence-corrected chi connectivity index (χ1v) is 8.28. The van der Waals surface area contributed by atoms with E-state index in [0.29, 0.717) is 42.9 Å². The molecule has 0 unspecified atom stereocenters. The largest absolute Gasteiger partial charge is 0.392 e. The summed E-state index contributed by atoms with van der Waals surface area (Å²) in [6, 6.07) is 4.52. The number of carbonyl (C=O) groups is 1. The molecule has 1 aliphatic heterocycles. The molecular formula is C17H19N5O4. The van der Waals surface area contributed by atoms with Crippen LogP contribution in [0.5, 0.6) is 0 Å². The maximum atomic E-state index is 12.4. The van der Waals surface area contributed by atoms with Gasteiger partial charge in [0.05, 0.1) is 17.7 Å². The molecule has 9 heteroatoms. The number of amides is 1. The summed E-state index contributed by atoms with van der Waals surface area (Å²) in [4.78, 5) is 32.8. The zero-order chi connectivity index (χ0) is 18.5. The molecule has 0 atom stereocenters. The summed E-state index contributed by atoms with van der Waals surface area (Å²) in [6.45, 7) is 0.874. The number of piperidine rings is 1. The number of nitrogens with zero attached hydrogens (tertiary/aromatic N) is 4. The molecule has 1 amide bonds. The van der Waals surface area contributed by atoms with Gasteiger partial charge < -0.3 is 15.3 Å². The van der Waals surface area contributed by atoms with Crippen LogP contribution >= 0.6 is 0 Å². The smallest absolute Gasteiger partial charge is 0.292 e. The highest BCUT2D eigenvalue weighted by Crippen LogP contribution is 2.28. The Labute approximate surface area is 149 Å². The van der Waals surface area contributed by atoms with E-state index in [-0.39, 0.29) is 24.2 Å². The van der Waals surface area contributed by atoms with Crippen LogP contribution in [-0.4, -0.2) is 49.9 Å². The number of likely N-dealkylation sites (tertiary alicyclic amines) is 1. The maximum absolute atomic E-state index is 12.4. The Bertz CT molecular complexity index is 791. The van der Waals surface area contributed by atoms with Crippen molar-refractivity contribution in [3.05, 3.63) is 58.2 Å². The van der Waals surface area contributed by atoms with Crippen LogP contribution in [0.3, 0.4) is 0 Å². The second kappa shape index (κ2) is 7.87. The lowest BCUT2D eigenvalue weighted by atomic mass is 10.0. The molecule has 0 aliphatic carbocycles. The van der Waals surface area contributed by atoms with Gasteiger partial charge in [-0.05, 0) is 30.5 Å². The summed E-state index contributed by atoms with van der Waals surface area (Å²) < 4.78 is 0. The Balaban J connectivity index is 1.64. The standard InChI is InChI=1S/C17H19N5O4/c23-11-12-1-2-16(22(25)26)14(9-12)20-13-3-7-21(8-4-13)17(24)15-10-18-5-6-19-15/h1-2,5-6,9-10,13,20,23H,3-4,7-8,11H2. The maximum Gasteiger partial charge on any atom is 0.292 e. The van der Waals surface area contributed by atoms with Gasteiger partial charge in [-0.1, -0.05) is 0 Å². The van der Waals surface area contributed by atoms with Gasteiger partial charge in [0.15, 0.2) is 0 Å². The van der Waals surface area contributed by atoms with Crippen molar-refractivity contribution < 1.29 is 14.8 Å². The van der Waals surface area contributed by atoms with E-state index >= 15 is 0 Å². The van der Waals surface area contributed by atoms with Crippen molar-refractivity contribution in [2.24, 2.45) is 0 Å². The first kappa shape index (κ1) is 17.7.